The second-order valence-corrected chi connectivity index (χ2v) is 5.34. The van der Waals surface area contributed by atoms with Gasteiger partial charge >= 0.3 is 6.01 Å². The molecule has 0 aliphatic carbocycles. The van der Waals surface area contributed by atoms with E-state index in [-0.39, 0.29) is 17.3 Å². The molecule has 0 fully saturated rings. The number of benzene rings is 2. The van der Waals surface area contributed by atoms with Crippen molar-refractivity contribution in [2.75, 3.05) is 5.32 Å². The number of amides is 1. The second-order valence-electron chi connectivity index (χ2n) is 5.34. The third-order valence-corrected chi connectivity index (χ3v) is 3.53. The van der Waals surface area contributed by atoms with Gasteiger partial charge in [0.15, 0.2) is 0 Å². The van der Waals surface area contributed by atoms with Gasteiger partial charge in [-0.2, -0.15) is 0 Å². The summed E-state index contributed by atoms with van der Waals surface area (Å²) in [5, 5.41) is 13.9. The number of nitrogens with one attached hydrogen (secondary N) is 1. The lowest BCUT2D eigenvalue weighted by Crippen LogP contribution is -2.14. The molecular weight excluding hydrogens is 336 g/mol. The lowest BCUT2D eigenvalue weighted by molar-refractivity contribution is -0.385. The third-order valence-electron chi connectivity index (χ3n) is 3.53. The summed E-state index contributed by atoms with van der Waals surface area (Å²) in [6.07, 6.45) is 3.12. The molecule has 0 radical (unpaired) electrons. The number of carbonyl (C=O) groups is 1. The summed E-state index contributed by atoms with van der Waals surface area (Å²) in [7, 11) is 0. The van der Waals surface area contributed by atoms with Crippen LogP contribution in [0.2, 0.25) is 0 Å². The number of anilines is 1. The van der Waals surface area contributed by atoms with Crippen molar-refractivity contribution < 1.29 is 14.5 Å². The van der Waals surface area contributed by atoms with Gasteiger partial charge in [0.2, 0.25) is 0 Å². The fraction of sp³-hybridized carbons (Fsp3) is 0.0556. The van der Waals surface area contributed by atoms with E-state index >= 15 is 0 Å². The Bertz CT molecular complexity index is 943. The number of nitrogens with zero attached hydrogens (tertiary/aromatic N) is 3. The Morgan fingerprint density at radius 1 is 1.08 bits per heavy atom. The fourth-order valence-electron chi connectivity index (χ4n) is 2.33. The Balaban J connectivity index is 1.75. The highest BCUT2D eigenvalue weighted by Gasteiger charge is 2.22. The average Bonchev–Trinajstić information content (AvgIpc) is 2.63. The molecule has 3 aromatic rings. The van der Waals surface area contributed by atoms with Crippen LogP contribution in [-0.2, 0) is 0 Å². The molecule has 0 spiro atoms. The van der Waals surface area contributed by atoms with E-state index in [1.165, 1.54) is 6.07 Å². The van der Waals surface area contributed by atoms with Crippen LogP contribution in [0.15, 0.2) is 60.9 Å². The highest BCUT2D eigenvalue weighted by Crippen LogP contribution is 2.25. The smallest absolute Gasteiger partial charge is 0.321 e. The van der Waals surface area contributed by atoms with E-state index in [1.807, 2.05) is 0 Å². The van der Waals surface area contributed by atoms with Gasteiger partial charge in [0.1, 0.15) is 11.3 Å². The van der Waals surface area contributed by atoms with E-state index in [0.29, 0.717) is 17.0 Å². The molecule has 8 nitrogen and oxygen atoms in total. The predicted molar refractivity (Wildman–Crippen MR) is 94.3 cm³/mol. The largest absolute Gasteiger partial charge is 0.424 e. The molecule has 8 heteroatoms. The minimum absolute atomic E-state index is 0.00742. The highest BCUT2D eigenvalue weighted by molar-refractivity contribution is 6.07. The van der Waals surface area contributed by atoms with E-state index in [4.69, 9.17) is 4.74 Å². The lowest BCUT2D eigenvalue weighted by atomic mass is 10.1. The quantitative estimate of drug-likeness (QED) is 0.555. The van der Waals surface area contributed by atoms with Gasteiger partial charge in [-0.1, -0.05) is 12.1 Å². The maximum absolute atomic E-state index is 12.4. The molecule has 26 heavy (non-hydrogen) atoms. The van der Waals surface area contributed by atoms with Crippen LogP contribution in [0.3, 0.4) is 0 Å². The first-order valence-corrected chi connectivity index (χ1v) is 7.65. The molecule has 0 aliphatic heterocycles. The van der Waals surface area contributed by atoms with Gasteiger partial charge < -0.3 is 10.1 Å². The number of hydrogen-bond acceptors (Lipinski definition) is 6. The van der Waals surface area contributed by atoms with Gasteiger partial charge in [0, 0.05) is 23.6 Å². The Kier molecular flexibility index (Phi) is 4.84. The van der Waals surface area contributed by atoms with Gasteiger partial charge in [0.25, 0.3) is 11.6 Å². The lowest BCUT2D eigenvalue weighted by Gasteiger charge is -2.08. The number of aromatic nitrogens is 2. The molecule has 0 saturated carbocycles. The minimum atomic E-state index is -0.555. The van der Waals surface area contributed by atoms with Crippen LogP contribution in [-0.4, -0.2) is 20.8 Å². The van der Waals surface area contributed by atoms with E-state index in [1.54, 1.807) is 61.8 Å². The molecule has 1 N–H and O–H groups in total. The van der Waals surface area contributed by atoms with Crippen molar-refractivity contribution in [3.8, 4) is 11.8 Å². The highest BCUT2D eigenvalue weighted by atomic mass is 16.6. The molecule has 0 saturated heterocycles. The van der Waals surface area contributed by atoms with Crippen molar-refractivity contribution in [3.05, 3.63) is 82.2 Å². The maximum atomic E-state index is 12.4. The average molecular weight is 350 g/mol. The van der Waals surface area contributed by atoms with Crippen molar-refractivity contribution in [2.24, 2.45) is 0 Å². The number of nitro benzene ring substituents is 1. The van der Waals surface area contributed by atoms with Gasteiger partial charge in [-0.25, -0.2) is 9.97 Å². The molecule has 0 bridgehead atoms. The summed E-state index contributed by atoms with van der Waals surface area (Å²) in [5.74, 6) is -0.0591. The normalized spacial score (nSPS) is 10.2. The van der Waals surface area contributed by atoms with Crippen molar-refractivity contribution in [2.45, 2.75) is 6.92 Å². The molecule has 0 atom stereocenters. The fourth-order valence-corrected chi connectivity index (χ4v) is 2.33. The van der Waals surface area contributed by atoms with Gasteiger partial charge in [-0.05, 0) is 43.3 Å². The zero-order valence-corrected chi connectivity index (χ0v) is 13.7. The van der Waals surface area contributed by atoms with E-state index < -0.39 is 10.8 Å². The summed E-state index contributed by atoms with van der Waals surface area (Å²) in [5.41, 5.74) is 0.709. The zero-order chi connectivity index (χ0) is 18.5. The van der Waals surface area contributed by atoms with Gasteiger partial charge in [-0.15, -0.1) is 0 Å². The Morgan fingerprint density at radius 2 is 1.77 bits per heavy atom. The molecule has 3 rings (SSSR count). The predicted octanol–water partition coefficient (Wildman–Crippen LogP) is 3.74. The van der Waals surface area contributed by atoms with Crippen LogP contribution >= 0.6 is 0 Å². The number of rotatable bonds is 5. The number of aryl methyl sites for hydroxylation is 1. The molecule has 1 aromatic heterocycles. The topological polar surface area (TPSA) is 107 Å². The molecular formula is C18H14N4O4. The Labute approximate surface area is 148 Å². The van der Waals surface area contributed by atoms with Crippen molar-refractivity contribution >= 4 is 17.3 Å². The molecule has 0 aliphatic rings. The maximum Gasteiger partial charge on any atom is 0.321 e. The molecule has 1 amide bonds. The van der Waals surface area contributed by atoms with E-state index in [9.17, 15) is 14.9 Å². The molecule has 2 aromatic carbocycles. The number of carbonyl (C=O) groups excluding carboxylic acids is 1. The summed E-state index contributed by atoms with van der Waals surface area (Å²) in [6, 6.07) is 13.0. The first-order chi connectivity index (χ1) is 12.5. The van der Waals surface area contributed by atoms with E-state index in [0.717, 1.165) is 0 Å². The van der Waals surface area contributed by atoms with Crippen LogP contribution in [0.1, 0.15) is 15.9 Å². The first kappa shape index (κ1) is 17.0. The van der Waals surface area contributed by atoms with Crippen molar-refractivity contribution in [1.82, 2.24) is 9.97 Å². The summed E-state index contributed by atoms with van der Waals surface area (Å²) in [4.78, 5) is 31.0. The van der Waals surface area contributed by atoms with Crippen LogP contribution < -0.4 is 10.1 Å². The van der Waals surface area contributed by atoms with Crippen LogP contribution in [0.5, 0.6) is 11.8 Å². The second kappa shape index (κ2) is 7.39. The molecule has 0 unspecified atom stereocenters. The third kappa shape index (κ3) is 3.81. The van der Waals surface area contributed by atoms with Crippen LogP contribution in [0, 0.1) is 17.0 Å². The number of para-hydroxylation sites is 1. The molecule has 1 heterocycles. The van der Waals surface area contributed by atoms with Gasteiger partial charge in [-0.3, -0.25) is 14.9 Å². The summed E-state index contributed by atoms with van der Waals surface area (Å²) in [6.45, 7) is 1.59. The minimum Gasteiger partial charge on any atom is -0.424 e. The first-order valence-electron chi connectivity index (χ1n) is 7.65. The monoisotopic (exact) mass is 350 g/mol. The number of nitro groups is 1. The summed E-state index contributed by atoms with van der Waals surface area (Å²) < 4.78 is 5.47. The Morgan fingerprint density at radius 3 is 2.42 bits per heavy atom. The van der Waals surface area contributed by atoms with E-state index in [2.05, 4.69) is 15.3 Å². The zero-order valence-electron chi connectivity index (χ0n) is 13.7. The standard InChI is InChI=1S/C18H14N4O4/c1-12-4-2-5-15(16(12)22(24)25)17(23)21-13-6-8-14(9-7-13)26-18-19-10-3-11-20-18/h2-11H,1H3,(H,21,23). The molecule has 130 valence electrons. The Hall–Kier alpha value is -3.81. The number of ether oxygens (including phenoxy) is 1. The SMILES string of the molecule is Cc1cccc(C(=O)Nc2ccc(Oc3ncccn3)cc2)c1[N+](=O)[O-]. The van der Waals surface area contributed by atoms with Crippen LogP contribution in [0.4, 0.5) is 11.4 Å². The van der Waals surface area contributed by atoms with Crippen LogP contribution in [0.25, 0.3) is 0 Å². The van der Waals surface area contributed by atoms with Crippen molar-refractivity contribution in [1.29, 1.82) is 0 Å². The van der Waals surface area contributed by atoms with Crippen molar-refractivity contribution in [3.63, 3.8) is 0 Å². The number of hydrogen-bond donors (Lipinski definition) is 1. The van der Waals surface area contributed by atoms with Gasteiger partial charge in [0.05, 0.1) is 4.92 Å². The summed E-state index contributed by atoms with van der Waals surface area (Å²) >= 11 is 0.